The van der Waals surface area contributed by atoms with Gasteiger partial charge in [-0.1, -0.05) is 29.8 Å². The van der Waals surface area contributed by atoms with Crippen LogP contribution in [0.25, 0.3) is 0 Å². The van der Waals surface area contributed by atoms with Gasteiger partial charge < -0.3 is 10.6 Å². The van der Waals surface area contributed by atoms with Crippen LogP contribution in [-0.4, -0.2) is 12.5 Å². The molecule has 1 saturated heterocycles. The number of hydrogen-bond acceptors (Lipinski definition) is 2. The quantitative estimate of drug-likeness (QED) is 0.835. The van der Waals surface area contributed by atoms with E-state index in [2.05, 4.69) is 10.6 Å². The van der Waals surface area contributed by atoms with E-state index >= 15 is 0 Å². The van der Waals surface area contributed by atoms with Crippen molar-refractivity contribution >= 4 is 23.2 Å². The molecule has 0 saturated carbocycles. The summed E-state index contributed by atoms with van der Waals surface area (Å²) in [6.45, 7) is 0.805. The van der Waals surface area contributed by atoms with Gasteiger partial charge in [-0.3, -0.25) is 4.79 Å². The van der Waals surface area contributed by atoms with Crippen molar-refractivity contribution in [1.29, 1.82) is 0 Å². The molecule has 2 aromatic carbocycles. The summed E-state index contributed by atoms with van der Waals surface area (Å²) in [6.07, 6.45) is 1.61. The van der Waals surface area contributed by atoms with Crippen LogP contribution in [0.5, 0.6) is 0 Å². The van der Waals surface area contributed by atoms with E-state index in [1.807, 2.05) is 12.1 Å². The maximum atomic E-state index is 13.7. The number of nitrogens with one attached hydrogen (secondary N) is 2. The molecule has 1 amide bonds. The summed E-state index contributed by atoms with van der Waals surface area (Å²) in [5.41, 5.74) is 1.77. The fraction of sp³-hybridized carbons (Fsp3) is 0.278. The van der Waals surface area contributed by atoms with Crippen LogP contribution in [0.15, 0.2) is 42.5 Å². The van der Waals surface area contributed by atoms with Crippen molar-refractivity contribution in [3.8, 4) is 0 Å². The Labute approximate surface area is 138 Å². The molecule has 0 aromatic heterocycles. The molecule has 2 aromatic rings. The van der Waals surface area contributed by atoms with Gasteiger partial charge in [0, 0.05) is 10.7 Å². The van der Waals surface area contributed by atoms with Crippen LogP contribution in [0.2, 0.25) is 5.02 Å². The minimum atomic E-state index is -0.716. The first-order valence-corrected chi connectivity index (χ1v) is 8.09. The summed E-state index contributed by atoms with van der Waals surface area (Å²) >= 11 is 6.06. The average Bonchev–Trinajstić information content (AvgIpc) is 2.80. The highest BCUT2D eigenvalue weighted by Gasteiger charge is 2.53. The number of fused-ring (bicyclic) bond motifs is 2. The zero-order valence-corrected chi connectivity index (χ0v) is 13.2. The molecular weight excluding hydrogens is 315 g/mol. The number of benzene rings is 2. The Morgan fingerprint density at radius 3 is 2.91 bits per heavy atom. The van der Waals surface area contributed by atoms with Crippen molar-refractivity contribution < 1.29 is 9.18 Å². The third kappa shape index (κ3) is 2.17. The Kier molecular flexibility index (Phi) is 3.39. The lowest BCUT2D eigenvalue weighted by Crippen LogP contribution is -2.50. The van der Waals surface area contributed by atoms with E-state index in [-0.39, 0.29) is 17.8 Å². The van der Waals surface area contributed by atoms with Crippen molar-refractivity contribution in [2.45, 2.75) is 24.3 Å². The van der Waals surface area contributed by atoms with Crippen LogP contribution >= 0.6 is 11.6 Å². The first-order chi connectivity index (χ1) is 11.1. The van der Waals surface area contributed by atoms with E-state index < -0.39 is 5.41 Å². The molecule has 1 spiro atoms. The van der Waals surface area contributed by atoms with Gasteiger partial charge in [0.15, 0.2) is 0 Å². The standard InChI is InChI=1S/C18H16ClFN2O/c19-12-5-6-14-15(10-12)22-17(23)18(14)7-2-8-21-16(18)11-3-1-4-13(20)9-11/h1,3-6,9-10,16,21H,2,7-8H2,(H,22,23)/t16-,18-/m1/s1. The van der Waals surface area contributed by atoms with E-state index in [0.717, 1.165) is 36.2 Å². The number of carbonyl (C=O) groups excluding carboxylic acids is 1. The van der Waals surface area contributed by atoms with E-state index in [1.165, 1.54) is 12.1 Å². The summed E-state index contributed by atoms with van der Waals surface area (Å²) < 4.78 is 13.7. The molecule has 2 aliphatic heterocycles. The van der Waals surface area contributed by atoms with Gasteiger partial charge in [0.2, 0.25) is 5.91 Å². The van der Waals surface area contributed by atoms with E-state index in [1.54, 1.807) is 18.2 Å². The largest absolute Gasteiger partial charge is 0.325 e. The predicted molar refractivity (Wildman–Crippen MR) is 88.1 cm³/mol. The summed E-state index contributed by atoms with van der Waals surface area (Å²) in [5, 5.41) is 6.97. The summed E-state index contributed by atoms with van der Waals surface area (Å²) in [7, 11) is 0. The maximum absolute atomic E-state index is 13.7. The monoisotopic (exact) mass is 330 g/mol. The highest BCUT2D eigenvalue weighted by atomic mass is 35.5. The maximum Gasteiger partial charge on any atom is 0.237 e. The Balaban J connectivity index is 1.89. The third-order valence-corrected chi connectivity index (χ3v) is 5.12. The Hall–Kier alpha value is -1.91. The van der Waals surface area contributed by atoms with Crippen molar-refractivity contribution in [3.63, 3.8) is 0 Å². The lowest BCUT2D eigenvalue weighted by molar-refractivity contribution is -0.123. The number of piperidine rings is 1. The molecule has 4 rings (SSSR count). The molecule has 0 unspecified atom stereocenters. The summed E-state index contributed by atoms with van der Waals surface area (Å²) in [5.74, 6) is -0.337. The molecule has 1 fully saturated rings. The number of carbonyl (C=O) groups is 1. The van der Waals surface area contributed by atoms with Crippen molar-refractivity contribution in [1.82, 2.24) is 5.32 Å². The smallest absolute Gasteiger partial charge is 0.237 e. The zero-order chi connectivity index (χ0) is 16.0. The van der Waals surface area contributed by atoms with Gasteiger partial charge in [-0.2, -0.15) is 0 Å². The first-order valence-electron chi connectivity index (χ1n) is 7.71. The van der Waals surface area contributed by atoms with E-state index in [4.69, 9.17) is 11.6 Å². The lowest BCUT2D eigenvalue weighted by Gasteiger charge is -2.41. The van der Waals surface area contributed by atoms with Crippen LogP contribution < -0.4 is 10.6 Å². The molecule has 0 radical (unpaired) electrons. The van der Waals surface area contributed by atoms with Crippen LogP contribution in [-0.2, 0) is 10.2 Å². The molecule has 118 valence electrons. The SMILES string of the molecule is O=C1Nc2cc(Cl)ccc2[C@@]12CCCN[C@@H]2c1cccc(F)c1. The third-order valence-electron chi connectivity index (χ3n) is 4.89. The average molecular weight is 331 g/mol. The number of hydrogen-bond donors (Lipinski definition) is 2. The molecule has 2 N–H and O–H groups in total. The van der Waals surface area contributed by atoms with Crippen molar-refractivity contribution in [3.05, 3.63) is 64.4 Å². The van der Waals surface area contributed by atoms with E-state index in [0.29, 0.717) is 5.02 Å². The van der Waals surface area contributed by atoms with Crippen LogP contribution in [0.1, 0.15) is 30.0 Å². The zero-order valence-electron chi connectivity index (χ0n) is 12.4. The van der Waals surface area contributed by atoms with Gasteiger partial charge in [0.25, 0.3) is 0 Å². The number of anilines is 1. The van der Waals surface area contributed by atoms with Crippen LogP contribution in [0, 0.1) is 5.82 Å². The second-order valence-corrected chi connectivity index (χ2v) is 6.60. The summed E-state index contributed by atoms with van der Waals surface area (Å²) in [4.78, 5) is 12.9. The highest BCUT2D eigenvalue weighted by molar-refractivity contribution is 6.31. The lowest BCUT2D eigenvalue weighted by atomic mass is 9.67. The van der Waals surface area contributed by atoms with Crippen molar-refractivity contribution in [2.75, 3.05) is 11.9 Å². The predicted octanol–water partition coefficient (Wildman–Crippen LogP) is 3.79. The normalized spacial score (nSPS) is 26.2. The molecule has 3 nitrogen and oxygen atoms in total. The fourth-order valence-electron chi connectivity index (χ4n) is 3.92. The van der Waals surface area contributed by atoms with Gasteiger partial charge in [-0.05, 0) is 54.8 Å². The number of halogens is 2. The topological polar surface area (TPSA) is 41.1 Å². The van der Waals surface area contributed by atoms with Gasteiger partial charge in [-0.25, -0.2) is 4.39 Å². The molecule has 2 aliphatic rings. The molecule has 5 heteroatoms. The van der Waals surface area contributed by atoms with Crippen LogP contribution in [0.4, 0.5) is 10.1 Å². The molecule has 23 heavy (non-hydrogen) atoms. The number of rotatable bonds is 1. The Morgan fingerprint density at radius 1 is 1.22 bits per heavy atom. The molecular formula is C18H16ClFN2O. The minimum Gasteiger partial charge on any atom is -0.325 e. The van der Waals surface area contributed by atoms with Crippen LogP contribution in [0.3, 0.4) is 0 Å². The molecule has 2 atom stereocenters. The minimum absolute atomic E-state index is 0.0452. The molecule has 0 bridgehead atoms. The molecule has 2 heterocycles. The Morgan fingerprint density at radius 2 is 2.09 bits per heavy atom. The van der Waals surface area contributed by atoms with Gasteiger partial charge >= 0.3 is 0 Å². The van der Waals surface area contributed by atoms with Gasteiger partial charge in [0.1, 0.15) is 5.82 Å². The Bertz CT molecular complexity index is 794. The first kappa shape index (κ1) is 14.7. The van der Waals surface area contributed by atoms with Crippen molar-refractivity contribution in [2.24, 2.45) is 0 Å². The second kappa shape index (κ2) is 5.32. The number of amides is 1. The van der Waals surface area contributed by atoms with Gasteiger partial charge in [-0.15, -0.1) is 0 Å². The molecule has 0 aliphatic carbocycles. The summed E-state index contributed by atoms with van der Waals surface area (Å²) in [6, 6.07) is 11.7. The highest BCUT2D eigenvalue weighted by Crippen LogP contribution is 2.51. The second-order valence-electron chi connectivity index (χ2n) is 6.16. The van der Waals surface area contributed by atoms with Gasteiger partial charge in [0.05, 0.1) is 11.5 Å². The fourth-order valence-corrected chi connectivity index (χ4v) is 4.09. The van der Waals surface area contributed by atoms with E-state index in [9.17, 15) is 9.18 Å².